The Morgan fingerprint density at radius 1 is 1.57 bits per heavy atom. The van der Waals surface area contributed by atoms with Gasteiger partial charge in [0.2, 0.25) is 0 Å². The molecule has 0 aromatic heterocycles. The van der Waals surface area contributed by atoms with Crippen LogP contribution in [0.2, 0.25) is 0 Å². The van der Waals surface area contributed by atoms with Crippen molar-refractivity contribution in [1.82, 2.24) is 10.2 Å². The molecule has 0 aliphatic carbocycles. The van der Waals surface area contributed by atoms with E-state index in [1.54, 1.807) is 0 Å². The topological polar surface area (TPSA) is 52.6 Å². The Kier molecular flexibility index (Phi) is 4.35. The molecular formula is C10H20N2O2. The number of carboxylic acids is 1. The summed E-state index contributed by atoms with van der Waals surface area (Å²) in [5.74, 6) is -0.705. The lowest BCUT2D eigenvalue weighted by Crippen LogP contribution is -2.58. The number of hydrogen-bond acceptors (Lipinski definition) is 3. The maximum Gasteiger partial charge on any atom is 0.322 e. The minimum Gasteiger partial charge on any atom is -0.480 e. The molecule has 2 N–H and O–H groups in total. The van der Waals surface area contributed by atoms with Gasteiger partial charge >= 0.3 is 5.97 Å². The Morgan fingerprint density at radius 2 is 2.21 bits per heavy atom. The van der Waals surface area contributed by atoms with Crippen LogP contribution in [-0.4, -0.2) is 47.7 Å². The molecule has 0 amide bonds. The Bertz CT molecular complexity index is 193. The summed E-state index contributed by atoms with van der Waals surface area (Å²) in [6.45, 7) is 6.57. The Morgan fingerprint density at radius 3 is 2.71 bits per heavy atom. The van der Waals surface area contributed by atoms with E-state index in [0.717, 1.165) is 25.9 Å². The average molecular weight is 200 g/mol. The number of carboxylic acid groups (broad SMARTS) is 1. The minimum absolute atomic E-state index is 0.339. The van der Waals surface area contributed by atoms with Gasteiger partial charge < -0.3 is 10.4 Å². The predicted octanol–water partition coefficient (Wildman–Crippen LogP) is 0.533. The monoisotopic (exact) mass is 200 g/mol. The van der Waals surface area contributed by atoms with E-state index < -0.39 is 5.97 Å². The zero-order valence-electron chi connectivity index (χ0n) is 8.99. The molecule has 0 bridgehead atoms. The molecule has 0 aromatic carbocycles. The van der Waals surface area contributed by atoms with Crippen LogP contribution in [0, 0.1) is 0 Å². The van der Waals surface area contributed by atoms with Gasteiger partial charge in [-0.25, -0.2) is 0 Å². The first kappa shape index (κ1) is 11.5. The van der Waals surface area contributed by atoms with E-state index in [4.69, 9.17) is 5.11 Å². The second kappa shape index (κ2) is 5.32. The number of rotatable bonds is 4. The van der Waals surface area contributed by atoms with Crippen molar-refractivity contribution in [3.63, 3.8) is 0 Å². The van der Waals surface area contributed by atoms with Gasteiger partial charge in [0.25, 0.3) is 0 Å². The fraction of sp³-hybridized carbons (Fsp3) is 0.900. The standard InChI is InChI=1S/C10H20N2O2/c1-3-8(4-2)12-6-5-11-7-9(12)10(13)14/h8-9,11H,3-7H2,1-2H3,(H,13,14). The van der Waals surface area contributed by atoms with Crippen LogP contribution < -0.4 is 5.32 Å². The first-order valence-electron chi connectivity index (χ1n) is 5.40. The van der Waals surface area contributed by atoms with Crippen molar-refractivity contribution in [2.45, 2.75) is 38.8 Å². The number of nitrogens with one attached hydrogen (secondary N) is 1. The molecule has 0 spiro atoms. The van der Waals surface area contributed by atoms with E-state index in [1.807, 2.05) is 0 Å². The zero-order chi connectivity index (χ0) is 10.6. The van der Waals surface area contributed by atoms with E-state index in [9.17, 15) is 4.79 Å². The van der Waals surface area contributed by atoms with Crippen LogP contribution in [0.4, 0.5) is 0 Å². The molecule has 0 radical (unpaired) electrons. The number of nitrogens with zero attached hydrogens (tertiary/aromatic N) is 1. The molecule has 1 rings (SSSR count). The lowest BCUT2D eigenvalue weighted by molar-refractivity contribution is -0.145. The number of hydrogen-bond donors (Lipinski definition) is 2. The Balaban J connectivity index is 2.65. The molecule has 1 heterocycles. The fourth-order valence-corrected chi connectivity index (χ4v) is 2.14. The van der Waals surface area contributed by atoms with Gasteiger partial charge in [-0.05, 0) is 12.8 Å². The number of aliphatic carboxylic acids is 1. The van der Waals surface area contributed by atoms with Crippen molar-refractivity contribution >= 4 is 5.97 Å². The molecule has 4 nitrogen and oxygen atoms in total. The quantitative estimate of drug-likeness (QED) is 0.695. The number of piperazine rings is 1. The van der Waals surface area contributed by atoms with Gasteiger partial charge in [-0.15, -0.1) is 0 Å². The third kappa shape index (κ3) is 2.45. The van der Waals surface area contributed by atoms with Crippen molar-refractivity contribution in [2.24, 2.45) is 0 Å². The van der Waals surface area contributed by atoms with Gasteiger partial charge in [0.05, 0.1) is 0 Å². The first-order valence-corrected chi connectivity index (χ1v) is 5.40. The van der Waals surface area contributed by atoms with Crippen LogP contribution in [0.3, 0.4) is 0 Å². The summed E-state index contributed by atoms with van der Waals surface area (Å²) in [4.78, 5) is 13.1. The van der Waals surface area contributed by atoms with Crippen molar-refractivity contribution in [3.05, 3.63) is 0 Å². The lowest BCUT2D eigenvalue weighted by Gasteiger charge is -2.38. The molecule has 14 heavy (non-hydrogen) atoms. The van der Waals surface area contributed by atoms with Gasteiger partial charge in [0, 0.05) is 25.7 Å². The summed E-state index contributed by atoms with van der Waals surface area (Å²) in [5, 5.41) is 12.2. The van der Waals surface area contributed by atoms with E-state index in [2.05, 4.69) is 24.1 Å². The summed E-state index contributed by atoms with van der Waals surface area (Å²) < 4.78 is 0. The summed E-state index contributed by atoms with van der Waals surface area (Å²) in [7, 11) is 0. The predicted molar refractivity (Wildman–Crippen MR) is 55.4 cm³/mol. The van der Waals surface area contributed by atoms with Gasteiger partial charge in [0.1, 0.15) is 6.04 Å². The van der Waals surface area contributed by atoms with Crippen molar-refractivity contribution in [2.75, 3.05) is 19.6 Å². The van der Waals surface area contributed by atoms with Gasteiger partial charge in [0.15, 0.2) is 0 Å². The Labute approximate surface area is 85.3 Å². The summed E-state index contributed by atoms with van der Waals surface area (Å²) in [6.07, 6.45) is 2.06. The maximum atomic E-state index is 11.0. The van der Waals surface area contributed by atoms with Crippen LogP contribution in [0.25, 0.3) is 0 Å². The smallest absolute Gasteiger partial charge is 0.322 e. The second-order valence-electron chi connectivity index (χ2n) is 3.77. The van der Waals surface area contributed by atoms with Crippen molar-refractivity contribution in [3.8, 4) is 0 Å². The molecule has 1 unspecified atom stereocenters. The van der Waals surface area contributed by atoms with E-state index in [0.29, 0.717) is 12.6 Å². The van der Waals surface area contributed by atoms with Crippen molar-refractivity contribution < 1.29 is 9.90 Å². The summed E-state index contributed by atoms with van der Waals surface area (Å²) in [6, 6.07) is 0.0758. The van der Waals surface area contributed by atoms with Crippen LogP contribution in [0.1, 0.15) is 26.7 Å². The zero-order valence-corrected chi connectivity index (χ0v) is 8.99. The third-order valence-electron chi connectivity index (χ3n) is 2.98. The van der Waals surface area contributed by atoms with E-state index >= 15 is 0 Å². The molecule has 4 heteroatoms. The molecule has 0 saturated carbocycles. The van der Waals surface area contributed by atoms with Crippen molar-refractivity contribution in [1.29, 1.82) is 0 Å². The van der Waals surface area contributed by atoms with Crippen LogP contribution >= 0.6 is 0 Å². The minimum atomic E-state index is -0.705. The molecule has 0 aromatic rings. The normalized spacial score (nSPS) is 24.1. The highest BCUT2D eigenvalue weighted by Crippen LogP contribution is 2.14. The van der Waals surface area contributed by atoms with Crippen LogP contribution in [0.15, 0.2) is 0 Å². The van der Waals surface area contributed by atoms with Crippen LogP contribution in [-0.2, 0) is 4.79 Å². The highest BCUT2D eigenvalue weighted by molar-refractivity contribution is 5.74. The van der Waals surface area contributed by atoms with Gasteiger partial charge in [-0.2, -0.15) is 0 Å². The number of carbonyl (C=O) groups is 1. The van der Waals surface area contributed by atoms with Gasteiger partial charge in [-0.3, -0.25) is 9.69 Å². The molecule has 82 valence electrons. The maximum absolute atomic E-state index is 11.0. The Hall–Kier alpha value is -0.610. The molecule has 1 atom stereocenters. The molecule has 1 aliphatic heterocycles. The SMILES string of the molecule is CCC(CC)N1CCNCC1C(=O)O. The average Bonchev–Trinajstić information content (AvgIpc) is 2.20. The van der Waals surface area contributed by atoms with Gasteiger partial charge in [-0.1, -0.05) is 13.8 Å². The highest BCUT2D eigenvalue weighted by Gasteiger charge is 2.31. The molecule has 1 saturated heterocycles. The molecule has 1 aliphatic rings. The summed E-state index contributed by atoms with van der Waals surface area (Å²) >= 11 is 0. The first-order chi connectivity index (χ1) is 6.70. The largest absolute Gasteiger partial charge is 0.480 e. The van der Waals surface area contributed by atoms with E-state index in [1.165, 1.54) is 0 Å². The molecular weight excluding hydrogens is 180 g/mol. The molecule has 1 fully saturated rings. The highest BCUT2D eigenvalue weighted by atomic mass is 16.4. The lowest BCUT2D eigenvalue weighted by atomic mass is 10.1. The van der Waals surface area contributed by atoms with Crippen LogP contribution in [0.5, 0.6) is 0 Å². The third-order valence-corrected chi connectivity index (χ3v) is 2.98. The fourth-order valence-electron chi connectivity index (χ4n) is 2.14. The van der Waals surface area contributed by atoms with E-state index in [-0.39, 0.29) is 6.04 Å². The second-order valence-corrected chi connectivity index (χ2v) is 3.77. The summed E-state index contributed by atoms with van der Waals surface area (Å²) in [5.41, 5.74) is 0.